The van der Waals surface area contributed by atoms with Crippen LogP contribution >= 0.6 is 28.5 Å². The van der Waals surface area contributed by atoms with Crippen molar-refractivity contribution < 1.29 is 14.3 Å². The topological polar surface area (TPSA) is 49.7 Å². The van der Waals surface area contributed by atoms with Crippen LogP contribution < -0.4 is 0 Å². The molecule has 0 aromatic rings. The van der Waals surface area contributed by atoms with E-state index < -0.39 is 5.99 Å². The molecule has 7 heavy (non-hydrogen) atoms. The van der Waals surface area contributed by atoms with Crippen molar-refractivity contribution in [1.29, 1.82) is 0 Å². The zero-order valence-corrected chi connectivity index (χ0v) is 5.91. The van der Waals surface area contributed by atoms with Gasteiger partial charge in [-0.05, 0) is 0 Å². The molecule has 0 aliphatic heterocycles. The summed E-state index contributed by atoms with van der Waals surface area (Å²) in [5.74, 6) is -4.63. The molecule has 0 aromatic carbocycles. The minimum absolute atomic E-state index is 1.01. The molecule has 46 valence electrons. The Labute approximate surface area is 50.6 Å². The van der Waals surface area contributed by atoms with E-state index in [0.29, 0.717) is 0 Å². The zero-order chi connectivity index (χ0) is 6.15. The van der Waals surface area contributed by atoms with Crippen molar-refractivity contribution in [1.82, 2.24) is 0 Å². The predicted octanol–water partition coefficient (Wildman–Crippen LogP) is 1.22. The van der Waals surface area contributed by atoms with Crippen molar-refractivity contribution in [2.24, 2.45) is 0 Å². The summed E-state index contributed by atoms with van der Waals surface area (Å²) in [7, 11) is 1.01. The molecule has 0 fully saturated rings. The molecule has 0 aliphatic rings. The number of rotatable bonds is 1. The minimum atomic E-state index is -4.63. The fourth-order valence-corrected chi connectivity index (χ4v) is 0. The second kappa shape index (κ2) is 1.69. The Morgan fingerprint density at radius 1 is 1.43 bits per heavy atom. The van der Waals surface area contributed by atoms with Crippen LogP contribution in [0.5, 0.6) is 0 Å². The Morgan fingerprint density at radius 2 is 1.57 bits per heavy atom. The third-order valence-corrected chi connectivity index (χ3v) is 1.73. The van der Waals surface area contributed by atoms with Crippen molar-refractivity contribution >= 4 is 28.5 Å². The molecule has 3 nitrogen and oxygen atoms in total. The monoisotopic (exact) mass is 166 g/mol. The van der Waals surface area contributed by atoms with E-state index in [-0.39, 0.29) is 0 Å². The van der Waals surface area contributed by atoms with E-state index in [2.05, 4.69) is 4.52 Å². The number of hydrogen-bond acceptors (Lipinski definition) is 3. The Bertz CT molecular complexity index is 65.5. The van der Waals surface area contributed by atoms with E-state index in [1.54, 1.807) is 0 Å². The first-order valence-corrected chi connectivity index (χ1v) is 5.20. The van der Waals surface area contributed by atoms with Crippen molar-refractivity contribution in [3.8, 4) is 0 Å². The molecule has 0 radical (unpaired) electrons. The average Bonchev–Trinajstić information content (AvgIpc) is 1.32. The van der Waals surface area contributed by atoms with E-state index in [1.807, 2.05) is 0 Å². The third-order valence-electron chi connectivity index (χ3n) is 0.301. The SMILES string of the molecule is COP(O)(O)(Cl)Cl. The molecule has 0 saturated heterocycles. The zero-order valence-electron chi connectivity index (χ0n) is 3.51. The van der Waals surface area contributed by atoms with Crippen molar-refractivity contribution in [3.05, 3.63) is 0 Å². The first-order chi connectivity index (χ1) is 2.81. The van der Waals surface area contributed by atoms with Gasteiger partial charge in [0.1, 0.15) is 0 Å². The molecule has 0 aromatic heterocycles. The third kappa shape index (κ3) is 6.89. The standard InChI is InChI=1S/CH5Cl2O3P/c1-6-7(2,3,4)5/h4-5H,1H3. The van der Waals surface area contributed by atoms with Gasteiger partial charge in [0.2, 0.25) is 0 Å². The molecule has 0 rings (SSSR count). The fraction of sp³-hybridized carbons (Fsp3) is 1.00. The first kappa shape index (κ1) is 7.89. The molecule has 2 N–H and O–H groups in total. The molecule has 0 amide bonds. The summed E-state index contributed by atoms with van der Waals surface area (Å²) in [5.41, 5.74) is 0. The van der Waals surface area contributed by atoms with Crippen molar-refractivity contribution in [2.75, 3.05) is 7.11 Å². The molecule has 0 aliphatic carbocycles. The van der Waals surface area contributed by atoms with Crippen LogP contribution in [0.25, 0.3) is 0 Å². The predicted molar refractivity (Wildman–Crippen MR) is 30.1 cm³/mol. The van der Waals surface area contributed by atoms with E-state index >= 15 is 0 Å². The molecule has 0 saturated carbocycles. The van der Waals surface area contributed by atoms with Gasteiger partial charge in [0.25, 0.3) is 0 Å². The fourth-order valence-electron chi connectivity index (χ4n) is 0. The number of hydrogen-bond donors (Lipinski definition) is 2. The quantitative estimate of drug-likeness (QED) is 0.577. The van der Waals surface area contributed by atoms with Crippen molar-refractivity contribution in [3.63, 3.8) is 0 Å². The van der Waals surface area contributed by atoms with Crippen LogP contribution in [0.15, 0.2) is 0 Å². The van der Waals surface area contributed by atoms with Gasteiger partial charge < -0.3 is 0 Å². The van der Waals surface area contributed by atoms with Crippen molar-refractivity contribution in [2.45, 2.75) is 0 Å². The van der Waals surface area contributed by atoms with Gasteiger partial charge in [-0.1, -0.05) is 0 Å². The maximum absolute atomic E-state index is 8.29. The summed E-state index contributed by atoms with van der Waals surface area (Å²) in [6, 6.07) is 0. The van der Waals surface area contributed by atoms with Crippen LogP contribution in [-0.2, 0) is 4.52 Å². The van der Waals surface area contributed by atoms with Gasteiger partial charge in [-0.2, -0.15) is 0 Å². The van der Waals surface area contributed by atoms with Gasteiger partial charge in [0.05, 0.1) is 0 Å². The maximum atomic E-state index is 8.29. The van der Waals surface area contributed by atoms with E-state index in [0.717, 1.165) is 7.11 Å². The van der Waals surface area contributed by atoms with Crippen LogP contribution in [0.2, 0.25) is 0 Å². The molecular weight excluding hydrogens is 162 g/mol. The summed E-state index contributed by atoms with van der Waals surface area (Å²) in [5, 5.41) is 0. The van der Waals surface area contributed by atoms with Gasteiger partial charge in [-0.3, -0.25) is 0 Å². The summed E-state index contributed by atoms with van der Waals surface area (Å²) in [6.07, 6.45) is 0. The van der Waals surface area contributed by atoms with Crippen LogP contribution in [0.1, 0.15) is 0 Å². The van der Waals surface area contributed by atoms with Gasteiger partial charge in [-0.25, -0.2) is 0 Å². The molecular formula is CH5Cl2O3P. The Morgan fingerprint density at radius 3 is 1.57 bits per heavy atom. The summed E-state index contributed by atoms with van der Waals surface area (Å²) >= 11 is 9.52. The first-order valence-electron chi connectivity index (χ1n) is 1.33. The Kier molecular flexibility index (Phi) is 1.91. The molecule has 0 atom stereocenters. The van der Waals surface area contributed by atoms with E-state index in [1.165, 1.54) is 0 Å². The molecule has 6 heteroatoms. The average molecular weight is 167 g/mol. The molecule has 0 spiro atoms. The summed E-state index contributed by atoms with van der Waals surface area (Å²) in [6.45, 7) is 0. The van der Waals surface area contributed by atoms with E-state index in [9.17, 15) is 0 Å². The van der Waals surface area contributed by atoms with Gasteiger partial charge in [0, 0.05) is 0 Å². The van der Waals surface area contributed by atoms with Crippen LogP contribution in [0.3, 0.4) is 0 Å². The summed E-state index contributed by atoms with van der Waals surface area (Å²) in [4.78, 5) is 16.6. The summed E-state index contributed by atoms with van der Waals surface area (Å²) < 4.78 is 3.90. The van der Waals surface area contributed by atoms with Crippen LogP contribution in [-0.4, -0.2) is 16.9 Å². The van der Waals surface area contributed by atoms with E-state index in [4.69, 9.17) is 32.3 Å². The Hall–Kier alpha value is 0.890. The van der Waals surface area contributed by atoms with Crippen LogP contribution in [0, 0.1) is 0 Å². The second-order valence-electron chi connectivity index (χ2n) is 0.940. The number of halogens is 2. The van der Waals surface area contributed by atoms with Gasteiger partial charge in [-0.15, -0.1) is 0 Å². The van der Waals surface area contributed by atoms with Gasteiger partial charge >= 0.3 is 49.9 Å². The molecule has 0 bridgehead atoms. The second-order valence-corrected chi connectivity index (χ2v) is 6.99. The molecule has 0 unspecified atom stereocenters. The van der Waals surface area contributed by atoms with Gasteiger partial charge in [0.15, 0.2) is 0 Å². The molecule has 0 heterocycles. The Balaban J connectivity index is 3.83. The normalized spacial score (nSPS) is 18.1. The van der Waals surface area contributed by atoms with Crippen LogP contribution in [0.4, 0.5) is 0 Å².